The molecule has 1 unspecified atom stereocenters. The van der Waals surface area contributed by atoms with Gasteiger partial charge in [-0.15, -0.1) is 0 Å². The number of esters is 1. The van der Waals surface area contributed by atoms with Gasteiger partial charge >= 0.3 is 5.97 Å². The Morgan fingerprint density at radius 1 is 1.06 bits per heavy atom. The molecule has 8 heteroatoms. The van der Waals surface area contributed by atoms with Gasteiger partial charge in [0.25, 0.3) is 11.7 Å². The molecule has 1 aliphatic rings. The molecule has 180 valence electrons. The number of furan rings is 1. The number of aliphatic hydroxyl groups is 1. The van der Waals surface area contributed by atoms with E-state index in [0.717, 1.165) is 0 Å². The highest BCUT2D eigenvalue weighted by Crippen LogP contribution is 2.42. The Hall–Kier alpha value is -4.33. The van der Waals surface area contributed by atoms with E-state index in [-0.39, 0.29) is 28.3 Å². The summed E-state index contributed by atoms with van der Waals surface area (Å²) in [5.41, 5.74) is 0.721. The molecule has 0 saturated carbocycles. The predicted octanol–water partition coefficient (Wildman–Crippen LogP) is 4.73. The predicted molar refractivity (Wildman–Crippen MR) is 128 cm³/mol. The maximum absolute atomic E-state index is 13.2. The molecule has 0 bridgehead atoms. The number of anilines is 1. The lowest BCUT2D eigenvalue weighted by Gasteiger charge is -2.23. The van der Waals surface area contributed by atoms with E-state index in [0.29, 0.717) is 23.8 Å². The lowest BCUT2D eigenvalue weighted by atomic mass is 9.99. The summed E-state index contributed by atoms with van der Waals surface area (Å²) in [4.78, 5) is 39.6. The second-order valence-electron chi connectivity index (χ2n) is 8.46. The number of nitrogens with zero attached hydrogens (tertiary/aromatic N) is 1. The van der Waals surface area contributed by atoms with Crippen LogP contribution in [0.25, 0.3) is 5.76 Å². The molecule has 0 aliphatic carbocycles. The summed E-state index contributed by atoms with van der Waals surface area (Å²) >= 11 is 0. The van der Waals surface area contributed by atoms with Gasteiger partial charge in [0.05, 0.1) is 31.1 Å². The quantitative estimate of drug-likeness (QED) is 0.228. The zero-order valence-electron chi connectivity index (χ0n) is 19.6. The summed E-state index contributed by atoms with van der Waals surface area (Å²) < 4.78 is 16.0. The molecular weight excluding hydrogens is 450 g/mol. The molecule has 3 aromatic rings. The van der Waals surface area contributed by atoms with Crippen molar-refractivity contribution >= 4 is 29.1 Å². The monoisotopic (exact) mass is 475 g/mol. The van der Waals surface area contributed by atoms with Crippen LogP contribution in [0.4, 0.5) is 5.69 Å². The van der Waals surface area contributed by atoms with Gasteiger partial charge in [-0.3, -0.25) is 14.5 Å². The van der Waals surface area contributed by atoms with Crippen molar-refractivity contribution in [1.29, 1.82) is 0 Å². The van der Waals surface area contributed by atoms with Crippen molar-refractivity contribution in [2.75, 3.05) is 18.6 Å². The summed E-state index contributed by atoms with van der Waals surface area (Å²) in [5, 5.41) is 11.2. The summed E-state index contributed by atoms with van der Waals surface area (Å²) in [6.45, 7) is 4.61. The van der Waals surface area contributed by atoms with E-state index in [1.807, 2.05) is 13.8 Å². The highest BCUT2D eigenvalue weighted by molar-refractivity contribution is 6.51. The van der Waals surface area contributed by atoms with E-state index in [1.54, 1.807) is 48.5 Å². The van der Waals surface area contributed by atoms with E-state index in [1.165, 1.54) is 30.4 Å². The minimum absolute atomic E-state index is 0.121. The van der Waals surface area contributed by atoms with Crippen LogP contribution in [-0.2, 0) is 14.3 Å². The molecule has 4 rings (SSSR count). The number of ketones is 1. The smallest absolute Gasteiger partial charge is 0.337 e. The van der Waals surface area contributed by atoms with Crippen LogP contribution in [0.5, 0.6) is 5.75 Å². The first-order valence-corrected chi connectivity index (χ1v) is 11.1. The average Bonchev–Trinajstić information content (AvgIpc) is 3.49. The molecule has 8 nitrogen and oxygen atoms in total. The Balaban J connectivity index is 1.79. The van der Waals surface area contributed by atoms with Gasteiger partial charge in [-0.2, -0.15) is 0 Å². The third-order valence-corrected chi connectivity index (χ3v) is 5.51. The Bertz CT molecular complexity index is 1270. The lowest BCUT2D eigenvalue weighted by Crippen LogP contribution is -2.29. The van der Waals surface area contributed by atoms with Crippen molar-refractivity contribution in [3.05, 3.63) is 89.4 Å². The van der Waals surface area contributed by atoms with Crippen molar-refractivity contribution in [1.82, 2.24) is 0 Å². The molecule has 2 aromatic carbocycles. The third kappa shape index (κ3) is 4.68. The number of rotatable bonds is 7. The molecule has 1 amide bonds. The van der Waals surface area contributed by atoms with Crippen LogP contribution in [0, 0.1) is 5.92 Å². The van der Waals surface area contributed by atoms with E-state index in [9.17, 15) is 19.5 Å². The summed E-state index contributed by atoms with van der Waals surface area (Å²) in [7, 11) is 1.25. The molecule has 1 N–H and O–H groups in total. The lowest BCUT2D eigenvalue weighted by molar-refractivity contribution is -0.132. The SMILES string of the molecule is COC(=O)c1cccc(N2C(=O)C(=O)/C(=C(\O)c3ccc(OCC(C)C)cc3)C2c2ccco2)c1. The van der Waals surface area contributed by atoms with Crippen molar-refractivity contribution in [3.8, 4) is 5.75 Å². The van der Waals surface area contributed by atoms with Crippen LogP contribution in [0.1, 0.15) is 41.6 Å². The molecule has 1 saturated heterocycles. The standard InChI is InChI=1S/C27H25NO7/c1-16(2)15-35-20-11-9-17(10-12-20)24(29)22-23(21-8-5-13-34-21)28(26(31)25(22)30)19-7-4-6-18(14-19)27(32)33-3/h4-14,16,23,29H,15H2,1-3H3/b24-22-. The molecule has 0 spiro atoms. The van der Waals surface area contributed by atoms with Gasteiger partial charge in [-0.25, -0.2) is 4.79 Å². The number of carbonyl (C=O) groups is 3. The number of Topliss-reactive ketones (excluding diaryl/α,β-unsaturated/α-hetero) is 1. The van der Waals surface area contributed by atoms with Crippen LogP contribution in [-0.4, -0.2) is 36.5 Å². The van der Waals surface area contributed by atoms with Gasteiger partial charge in [-0.05, 0) is 60.5 Å². The van der Waals surface area contributed by atoms with E-state index in [2.05, 4.69) is 0 Å². The molecule has 1 fully saturated rings. The fourth-order valence-corrected chi connectivity index (χ4v) is 3.84. The first kappa shape index (κ1) is 23.8. The van der Waals surface area contributed by atoms with E-state index >= 15 is 0 Å². The number of hydrogen-bond acceptors (Lipinski definition) is 7. The van der Waals surface area contributed by atoms with Crippen LogP contribution in [0.15, 0.2) is 76.9 Å². The van der Waals surface area contributed by atoms with Gasteiger partial charge in [0.1, 0.15) is 23.3 Å². The van der Waals surface area contributed by atoms with Gasteiger partial charge in [-0.1, -0.05) is 19.9 Å². The highest BCUT2D eigenvalue weighted by Gasteiger charge is 2.48. The molecule has 1 aliphatic heterocycles. The second-order valence-corrected chi connectivity index (χ2v) is 8.46. The molecule has 1 atom stereocenters. The Kier molecular flexibility index (Phi) is 6.73. The topological polar surface area (TPSA) is 106 Å². The van der Waals surface area contributed by atoms with Gasteiger partial charge < -0.3 is 19.0 Å². The third-order valence-electron chi connectivity index (χ3n) is 5.51. The number of hydrogen-bond donors (Lipinski definition) is 1. The molecular formula is C27H25NO7. The van der Waals surface area contributed by atoms with Crippen LogP contribution < -0.4 is 9.64 Å². The molecule has 35 heavy (non-hydrogen) atoms. The normalized spacial score (nSPS) is 17.1. The molecule has 2 heterocycles. The van der Waals surface area contributed by atoms with Gasteiger partial charge in [0, 0.05) is 11.3 Å². The number of benzene rings is 2. The summed E-state index contributed by atoms with van der Waals surface area (Å²) in [6.07, 6.45) is 1.42. The van der Waals surface area contributed by atoms with Crippen LogP contribution in [0.2, 0.25) is 0 Å². The largest absolute Gasteiger partial charge is 0.507 e. The van der Waals surface area contributed by atoms with Crippen molar-refractivity contribution in [3.63, 3.8) is 0 Å². The minimum Gasteiger partial charge on any atom is -0.507 e. The fourth-order valence-electron chi connectivity index (χ4n) is 3.84. The number of aliphatic hydroxyl groups excluding tert-OH is 1. The Morgan fingerprint density at radius 2 is 1.80 bits per heavy atom. The average molecular weight is 475 g/mol. The van der Waals surface area contributed by atoms with E-state index in [4.69, 9.17) is 13.9 Å². The highest BCUT2D eigenvalue weighted by atomic mass is 16.5. The van der Waals surface area contributed by atoms with Crippen molar-refractivity contribution in [2.45, 2.75) is 19.9 Å². The first-order chi connectivity index (χ1) is 16.8. The zero-order chi connectivity index (χ0) is 25.1. The van der Waals surface area contributed by atoms with Gasteiger partial charge in [0.15, 0.2) is 0 Å². The van der Waals surface area contributed by atoms with Crippen LogP contribution >= 0.6 is 0 Å². The molecule has 1 aromatic heterocycles. The maximum atomic E-state index is 13.2. The second kappa shape index (κ2) is 9.89. The van der Waals surface area contributed by atoms with Crippen LogP contribution in [0.3, 0.4) is 0 Å². The summed E-state index contributed by atoms with van der Waals surface area (Å²) in [5.74, 6) is -1.39. The number of methoxy groups -OCH3 is 1. The Morgan fingerprint density at radius 3 is 2.43 bits per heavy atom. The number of ether oxygens (including phenoxy) is 2. The Labute approximate surface area is 202 Å². The number of amides is 1. The molecule has 0 radical (unpaired) electrons. The van der Waals surface area contributed by atoms with Gasteiger partial charge in [0.2, 0.25) is 0 Å². The van der Waals surface area contributed by atoms with E-state index < -0.39 is 23.7 Å². The first-order valence-electron chi connectivity index (χ1n) is 11.1. The van der Waals surface area contributed by atoms with Crippen molar-refractivity contribution in [2.24, 2.45) is 5.92 Å². The van der Waals surface area contributed by atoms with Crippen molar-refractivity contribution < 1.29 is 33.4 Å². The zero-order valence-corrected chi connectivity index (χ0v) is 19.6. The number of carbonyl (C=O) groups excluding carboxylic acids is 3. The maximum Gasteiger partial charge on any atom is 0.337 e. The fraction of sp³-hybridized carbons (Fsp3) is 0.222. The summed E-state index contributed by atoms with van der Waals surface area (Å²) in [6, 6.07) is 15.0. The minimum atomic E-state index is -1.03.